The third-order valence-corrected chi connectivity index (χ3v) is 3.49. The van der Waals surface area contributed by atoms with Crippen molar-refractivity contribution in [3.05, 3.63) is 35.6 Å². The average Bonchev–Trinajstić information content (AvgIpc) is 2.98. The van der Waals surface area contributed by atoms with Gasteiger partial charge in [-0.15, -0.1) is 0 Å². The summed E-state index contributed by atoms with van der Waals surface area (Å²) in [4.78, 5) is 24.7. The third-order valence-electron chi connectivity index (χ3n) is 3.49. The normalized spacial score (nSPS) is 17.3. The maximum absolute atomic E-state index is 12.9. The van der Waals surface area contributed by atoms with Gasteiger partial charge in [-0.05, 0) is 30.5 Å². The molecule has 0 spiro atoms. The molecule has 1 heterocycles. The van der Waals surface area contributed by atoms with Crippen molar-refractivity contribution in [2.75, 3.05) is 13.1 Å². The molecule has 0 unspecified atom stereocenters. The molecule has 1 aliphatic rings. The van der Waals surface area contributed by atoms with Gasteiger partial charge in [0.05, 0.1) is 0 Å². The van der Waals surface area contributed by atoms with E-state index in [0.717, 1.165) is 25.0 Å². The predicted octanol–water partition coefficient (Wildman–Crippen LogP) is 1.12. The zero-order chi connectivity index (χ0) is 15.4. The molecule has 2 amide bonds. The molecule has 2 atom stereocenters. The fraction of sp³-hybridized carbons (Fsp3) is 0.429. The molecule has 7 heteroatoms. The molecule has 21 heavy (non-hydrogen) atoms. The number of carboxylic acid groups (broad SMARTS) is 1. The number of nitrogens with zero attached hydrogens (tertiary/aromatic N) is 1. The number of carbonyl (C=O) groups excluding carboxylic acids is 1. The zero-order valence-electron chi connectivity index (χ0n) is 11.3. The van der Waals surface area contributed by atoms with Crippen molar-refractivity contribution < 1.29 is 24.2 Å². The smallest absolute Gasteiger partial charge is 0.405 e. The molecule has 0 saturated carbocycles. The maximum Gasteiger partial charge on any atom is 0.405 e. The molecule has 1 aromatic rings. The summed E-state index contributed by atoms with van der Waals surface area (Å²) in [5, 5.41) is 21.2. The first-order valence-corrected chi connectivity index (χ1v) is 6.71. The lowest BCUT2D eigenvalue weighted by Crippen LogP contribution is -2.50. The summed E-state index contributed by atoms with van der Waals surface area (Å²) in [5.41, 5.74) is 0.280. The van der Waals surface area contributed by atoms with Crippen LogP contribution in [0.1, 0.15) is 24.5 Å². The van der Waals surface area contributed by atoms with Gasteiger partial charge in [-0.3, -0.25) is 4.79 Å². The molecule has 1 fully saturated rings. The van der Waals surface area contributed by atoms with Gasteiger partial charge in [0.15, 0.2) is 0 Å². The van der Waals surface area contributed by atoms with Crippen LogP contribution in [0.2, 0.25) is 0 Å². The van der Waals surface area contributed by atoms with E-state index in [1.165, 1.54) is 17.0 Å². The molecule has 3 N–H and O–H groups in total. The fourth-order valence-electron chi connectivity index (χ4n) is 2.40. The van der Waals surface area contributed by atoms with E-state index in [2.05, 4.69) is 5.32 Å². The second kappa shape index (κ2) is 6.53. The van der Waals surface area contributed by atoms with Crippen molar-refractivity contribution in [2.24, 2.45) is 0 Å². The van der Waals surface area contributed by atoms with Gasteiger partial charge in [0.25, 0.3) is 0 Å². The summed E-state index contributed by atoms with van der Waals surface area (Å²) in [6, 6.07) is 3.65. The van der Waals surface area contributed by atoms with E-state index in [1.54, 1.807) is 0 Å². The van der Waals surface area contributed by atoms with Crippen LogP contribution in [0.15, 0.2) is 24.3 Å². The number of rotatable bonds is 4. The van der Waals surface area contributed by atoms with Gasteiger partial charge >= 0.3 is 6.09 Å². The number of hydrogen-bond acceptors (Lipinski definition) is 3. The maximum atomic E-state index is 12.9. The van der Waals surface area contributed by atoms with E-state index in [1.807, 2.05) is 0 Å². The van der Waals surface area contributed by atoms with Crippen molar-refractivity contribution in [2.45, 2.75) is 25.0 Å². The second-order valence-corrected chi connectivity index (χ2v) is 4.96. The van der Waals surface area contributed by atoms with Gasteiger partial charge in [0, 0.05) is 13.1 Å². The molecule has 0 aliphatic carbocycles. The number of aliphatic hydroxyl groups excluding tert-OH is 1. The van der Waals surface area contributed by atoms with E-state index in [0.29, 0.717) is 13.1 Å². The van der Waals surface area contributed by atoms with Gasteiger partial charge < -0.3 is 20.4 Å². The molecular formula is C14H17FN2O4. The quantitative estimate of drug-likeness (QED) is 0.776. The summed E-state index contributed by atoms with van der Waals surface area (Å²) >= 11 is 0. The molecule has 1 aliphatic heterocycles. The van der Waals surface area contributed by atoms with E-state index in [9.17, 15) is 19.1 Å². The highest BCUT2D eigenvalue weighted by atomic mass is 19.1. The topological polar surface area (TPSA) is 89.9 Å². The van der Waals surface area contributed by atoms with E-state index < -0.39 is 30.0 Å². The van der Waals surface area contributed by atoms with Crippen molar-refractivity contribution in [3.8, 4) is 0 Å². The van der Waals surface area contributed by atoms with Crippen LogP contribution in [0, 0.1) is 5.82 Å². The first-order valence-electron chi connectivity index (χ1n) is 6.71. The molecule has 0 radical (unpaired) electrons. The molecular weight excluding hydrogens is 279 g/mol. The summed E-state index contributed by atoms with van der Waals surface area (Å²) in [5.74, 6) is -0.939. The minimum atomic E-state index is -1.39. The van der Waals surface area contributed by atoms with Crippen LogP contribution in [0.3, 0.4) is 0 Å². The van der Waals surface area contributed by atoms with Crippen LogP contribution in [-0.4, -0.2) is 46.2 Å². The fourth-order valence-corrected chi connectivity index (χ4v) is 2.40. The molecule has 6 nitrogen and oxygen atoms in total. The van der Waals surface area contributed by atoms with Gasteiger partial charge in [-0.1, -0.05) is 12.1 Å². The Hall–Kier alpha value is -2.15. The summed E-state index contributed by atoms with van der Waals surface area (Å²) < 4.78 is 12.9. The number of halogens is 1. The van der Waals surface area contributed by atoms with Gasteiger partial charge in [-0.2, -0.15) is 0 Å². The Labute approximate surface area is 121 Å². The van der Waals surface area contributed by atoms with Crippen molar-refractivity contribution in [3.63, 3.8) is 0 Å². The zero-order valence-corrected chi connectivity index (χ0v) is 11.3. The Kier molecular flexibility index (Phi) is 4.74. The van der Waals surface area contributed by atoms with Gasteiger partial charge in [0.2, 0.25) is 5.91 Å². The Morgan fingerprint density at radius 3 is 2.29 bits per heavy atom. The Bertz CT molecular complexity index is 514. The highest BCUT2D eigenvalue weighted by molar-refractivity contribution is 5.86. The van der Waals surface area contributed by atoms with Gasteiger partial charge in [-0.25, -0.2) is 9.18 Å². The Morgan fingerprint density at radius 2 is 1.76 bits per heavy atom. The van der Waals surface area contributed by atoms with E-state index >= 15 is 0 Å². The predicted molar refractivity (Wildman–Crippen MR) is 72.1 cm³/mol. The van der Waals surface area contributed by atoms with Crippen LogP contribution < -0.4 is 5.32 Å². The number of benzene rings is 1. The number of aliphatic hydroxyl groups is 1. The lowest BCUT2D eigenvalue weighted by atomic mass is 10.0. The lowest BCUT2D eigenvalue weighted by molar-refractivity contribution is -0.135. The number of hydrogen-bond donors (Lipinski definition) is 3. The monoisotopic (exact) mass is 296 g/mol. The second-order valence-electron chi connectivity index (χ2n) is 4.96. The number of carbonyl (C=O) groups is 2. The van der Waals surface area contributed by atoms with Gasteiger partial charge in [0.1, 0.15) is 18.0 Å². The van der Waals surface area contributed by atoms with Crippen LogP contribution >= 0.6 is 0 Å². The molecule has 1 saturated heterocycles. The highest BCUT2D eigenvalue weighted by Gasteiger charge is 2.34. The number of amides is 2. The molecule has 114 valence electrons. The third kappa shape index (κ3) is 3.69. The molecule has 1 aromatic carbocycles. The first kappa shape index (κ1) is 15.2. The van der Waals surface area contributed by atoms with Crippen LogP contribution in [-0.2, 0) is 4.79 Å². The SMILES string of the molecule is O=C(O)N[C@@H](C(=O)N1CCCC1)[C@H](O)c1ccc(F)cc1. The van der Waals surface area contributed by atoms with E-state index in [4.69, 9.17) is 5.11 Å². The van der Waals surface area contributed by atoms with Crippen molar-refractivity contribution in [1.82, 2.24) is 10.2 Å². The van der Waals surface area contributed by atoms with Crippen LogP contribution in [0.5, 0.6) is 0 Å². The van der Waals surface area contributed by atoms with Crippen molar-refractivity contribution in [1.29, 1.82) is 0 Å². The molecule has 0 bridgehead atoms. The minimum absolute atomic E-state index is 0.280. The number of nitrogens with one attached hydrogen (secondary N) is 1. The lowest BCUT2D eigenvalue weighted by Gasteiger charge is -2.26. The first-order chi connectivity index (χ1) is 9.99. The van der Waals surface area contributed by atoms with E-state index in [-0.39, 0.29) is 5.56 Å². The van der Waals surface area contributed by atoms with Crippen molar-refractivity contribution >= 4 is 12.0 Å². The summed E-state index contributed by atoms with van der Waals surface area (Å²) in [6.07, 6.45) is -1.04. The Balaban J connectivity index is 2.19. The standard InChI is InChI=1S/C14H17FN2O4/c15-10-5-3-9(4-6-10)12(18)11(16-14(20)21)13(19)17-7-1-2-8-17/h3-6,11-12,16,18H,1-2,7-8H2,(H,20,21)/t11-,12-/m1/s1. The minimum Gasteiger partial charge on any atom is -0.465 e. The van der Waals surface area contributed by atoms with Crippen LogP contribution in [0.4, 0.5) is 9.18 Å². The molecule has 0 aromatic heterocycles. The number of likely N-dealkylation sites (tertiary alicyclic amines) is 1. The highest BCUT2D eigenvalue weighted by Crippen LogP contribution is 2.20. The van der Waals surface area contributed by atoms with Crippen LogP contribution in [0.25, 0.3) is 0 Å². The summed E-state index contributed by atoms with van der Waals surface area (Å²) in [7, 11) is 0. The largest absolute Gasteiger partial charge is 0.465 e. The Morgan fingerprint density at radius 1 is 1.19 bits per heavy atom. The molecule has 2 rings (SSSR count). The summed E-state index contributed by atoms with van der Waals surface area (Å²) in [6.45, 7) is 1.10. The average molecular weight is 296 g/mol.